The second-order valence-electron chi connectivity index (χ2n) is 7.31. The van der Waals surface area contributed by atoms with Gasteiger partial charge in [0.15, 0.2) is 11.5 Å². The quantitative estimate of drug-likeness (QED) is 0.461. The lowest BCUT2D eigenvalue weighted by atomic mass is 9.95. The standard InChI is InChI=1S/C25H26N2O3S/c1-3-30-21-15-17(13-14-20(21)29-2)16-26-25-23(19-11-7-8-12-22(19)31-25)24(28)27-18-9-5-4-6-10-18/h4-6,9-10,13-16H,3,7-8,11-12H2,1-2H3,(H,27,28). The third-order valence-corrected chi connectivity index (χ3v) is 6.43. The Kier molecular flexibility index (Phi) is 6.67. The van der Waals surface area contributed by atoms with Gasteiger partial charge < -0.3 is 14.8 Å². The molecule has 1 amide bonds. The molecule has 0 saturated carbocycles. The number of rotatable bonds is 7. The zero-order valence-electron chi connectivity index (χ0n) is 17.8. The van der Waals surface area contributed by atoms with Crippen LogP contribution in [0.25, 0.3) is 0 Å². The molecular weight excluding hydrogens is 408 g/mol. The van der Waals surface area contributed by atoms with Gasteiger partial charge in [0.05, 0.1) is 19.3 Å². The number of carbonyl (C=O) groups is 1. The summed E-state index contributed by atoms with van der Waals surface area (Å²) < 4.78 is 11.0. The fourth-order valence-corrected chi connectivity index (χ4v) is 5.00. The summed E-state index contributed by atoms with van der Waals surface area (Å²) in [5.74, 6) is 1.28. The average Bonchev–Trinajstić information content (AvgIpc) is 3.17. The molecule has 1 aliphatic rings. The fraction of sp³-hybridized carbons (Fsp3) is 0.280. The number of aliphatic imine (C=N–C) groups is 1. The molecule has 0 bridgehead atoms. The second kappa shape index (κ2) is 9.79. The van der Waals surface area contributed by atoms with E-state index in [2.05, 4.69) is 5.32 Å². The largest absolute Gasteiger partial charge is 0.493 e. The van der Waals surface area contributed by atoms with Gasteiger partial charge >= 0.3 is 0 Å². The second-order valence-corrected chi connectivity index (χ2v) is 8.40. The summed E-state index contributed by atoms with van der Waals surface area (Å²) in [7, 11) is 1.62. The molecule has 1 heterocycles. The molecule has 0 fully saturated rings. The lowest BCUT2D eigenvalue weighted by molar-refractivity contribution is 0.102. The van der Waals surface area contributed by atoms with Gasteiger partial charge in [-0.05, 0) is 74.1 Å². The summed E-state index contributed by atoms with van der Waals surface area (Å²) in [4.78, 5) is 19.2. The van der Waals surface area contributed by atoms with Crippen molar-refractivity contribution in [3.8, 4) is 11.5 Å². The van der Waals surface area contributed by atoms with Crippen molar-refractivity contribution in [3.05, 3.63) is 70.1 Å². The number of fused-ring (bicyclic) bond motifs is 1. The Bertz CT molecular complexity index is 1090. The minimum atomic E-state index is -0.0949. The van der Waals surface area contributed by atoms with Gasteiger partial charge in [0, 0.05) is 16.8 Å². The van der Waals surface area contributed by atoms with Crippen LogP contribution in [0.1, 0.15) is 46.1 Å². The number of methoxy groups -OCH3 is 1. The van der Waals surface area contributed by atoms with Crippen LogP contribution in [0, 0.1) is 0 Å². The highest BCUT2D eigenvalue weighted by Gasteiger charge is 2.25. The Morgan fingerprint density at radius 3 is 2.71 bits per heavy atom. The molecular formula is C25H26N2O3S. The Balaban J connectivity index is 1.66. The first kappa shape index (κ1) is 21.1. The van der Waals surface area contributed by atoms with E-state index in [1.165, 1.54) is 4.88 Å². The Morgan fingerprint density at radius 2 is 1.94 bits per heavy atom. The third kappa shape index (κ3) is 4.80. The number of nitrogens with zero attached hydrogens (tertiary/aromatic N) is 1. The first-order chi connectivity index (χ1) is 15.2. The SMILES string of the molecule is CCOc1cc(C=Nc2sc3c(c2C(=O)Nc2ccccc2)CCCC3)ccc1OC. The number of amides is 1. The first-order valence-corrected chi connectivity index (χ1v) is 11.4. The first-order valence-electron chi connectivity index (χ1n) is 10.6. The molecule has 0 aliphatic heterocycles. The van der Waals surface area contributed by atoms with Crippen LogP contribution < -0.4 is 14.8 Å². The summed E-state index contributed by atoms with van der Waals surface area (Å²) >= 11 is 1.63. The highest BCUT2D eigenvalue weighted by atomic mass is 32.1. The highest BCUT2D eigenvalue weighted by molar-refractivity contribution is 7.16. The molecule has 2 aromatic carbocycles. The van der Waals surface area contributed by atoms with Crippen molar-refractivity contribution in [3.63, 3.8) is 0 Å². The molecule has 1 aliphatic carbocycles. The van der Waals surface area contributed by atoms with Gasteiger partial charge in [-0.15, -0.1) is 11.3 Å². The van der Waals surface area contributed by atoms with Crippen molar-refractivity contribution in [1.82, 2.24) is 0 Å². The number of carbonyl (C=O) groups excluding carboxylic acids is 1. The molecule has 3 aromatic rings. The maximum Gasteiger partial charge on any atom is 0.259 e. The summed E-state index contributed by atoms with van der Waals surface area (Å²) in [6.45, 7) is 2.49. The van der Waals surface area contributed by atoms with Gasteiger partial charge in [-0.1, -0.05) is 18.2 Å². The average molecular weight is 435 g/mol. The van der Waals surface area contributed by atoms with E-state index in [1.54, 1.807) is 24.7 Å². The van der Waals surface area contributed by atoms with Crippen LogP contribution in [0.2, 0.25) is 0 Å². The van der Waals surface area contributed by atoms with Gasteiger partial charge in [-0.25, -0.2) is 4.99 Å². The molecule has 160 valence electrons. The summed E-state index contributed by atoms with van der Waals surface area (Å²) in [5, 5.41) is 3.79. The molecule has 0 atom stereocenters. The number of thiophene rings is 1. The predicted molar refractivity (Wildman–Crippen MR) is 127 cm³/mol. The minimum Gasteiger partial charge on any atom is -0.493 e. The zero-order valence-corrected chi connectivity index (χ0v) is 18.6. The topological polar surface area (TPSA) is 59.9 Å². The maximum absolute atomic E-state index is 13.2. The predicted octanol–water partition coefficient (Wildman–Crippen LogP) is 6.04. The number of anilines is 1. The van der Waals surface area contributed by atoms with E-state index in [1.807, 2.05) is 55.5 Å². The Hall–Kier alpha value is -3.12. The van der Waals surface area contributed by atoms with Crippen LogP contribution in [0.4, 0.5) is 10.7 Å². The van der Waals surface area contributed by atoms with Crippen LogP contribution in [0.3, 0.4) is 0 Å². The molecule has 0 saturated heterocycles. The molecule has 0 radical (unpaired) electrons. The van der Waals surface area contributed by atoms with Crippen LogP contribution in [0.5, 0.6) is 11.5 Å². The molecule has 4 rings (SSSR count). The van der Waals surface area contributed by atoms with E-state index >= 15 is 0 Å². The zero-order chi connectivity index (χ0) is 21.6. The van der Waals surface area contributed by atoms with Gasteiger partial charge in [0.1, 0.15) is 5.00 Å². The molecule has 6 heteroatoms. The Morgan fingerprint density at radius 1 is 1.13 bits per heavy atom. The molecule has 0 unspecified atom stereocenters. The number of hydrogen-bond acceptors (Lipinski definition) is 5. The summed E-state index contributed by atoms with van der Waals surface area (Å²) in [6, 6.07) is 15.3. The minimum absolute atomic E-state index is 0.0949. The van der Waals surface area contributed by atoms with Crippen molar-refractivity contribution in [2.24, 2.45) is 4.99 Å². The normalized spacial score (nSPS) is 13.1. The number of aryl methyl sites for hydroxylation is 1. The highest BCUT2D eigenvalue weighted by Crippen LogP contribution is 2.40. The summed E-state index contributed by atoms with van der Waals surface area (Å²) in [6.07, 6.45) is 5.99. The van der Waals surface area contributed by atoms with E-state index in [9.17, 15) is 4.79 Å². The smallest absolute Gasteiger partial charge is 0.259 e. The molecule has 5 nitrogen and oxygen atoms in total. The van der Waals surface area contributed by atoms with Gasteiger partial charge in [0.2, 0.25) is 0 Å². The van der Waals surface area contributed by atoms with Gasteiger partial charge in [-0.2, -0.15) is 0 Å². The van der Waals surface area contributed by atoms with E-state index in [-0.39, 0.29) is 5.91 Å². The molecule has 1 aromatic heterocycles. The van der Waals surface area contributed by atoms with Crippen molar-refractivity contribution >= 4 is 34.1 Å². The Labute approximate surface area is 186 Å². The van der Waals surface area contributed by atoms with Crippen LogP contribution in [0.15, 0.2) is 53.5 Å². The number of nitrogens with one attached hydrogen (secondary N) is 1. The van der Waals surface area contributed by atoms with Crippen LogP contribution >= 0.6 is 11.3 Å². The number of hydrogen-bond donors (Lipinski definition) is 1. The molecule has 1 N–H and O–H groups in total. The lowest BCUT2D eigenvalue weighted by Gasteiger charge is -2.12. The van der Waals surface area contributed by atoms with Gasteiger partial charge in [-0.3, -0.25) is 4.79 Å². The van der Waals surface area contributed by atoms with Crippen molar-refractivity contribution < 1.29 is 14.3 Å². The van der Waals surface area contributed by atoms with E-state index in [0.717, 1.165) is 47.5 Å². The van der Waals surface area contributed by atoms with E-state index in [0.29, 0.717) is 23.7 Å². The fourth-order valence-electron chi connectivity index (χ4n) is 3.77. The molecule has 0 spiro atoms. The maximum atomic E-state index is 13.2. The number of benzene rings is 2. The molecule has 31 heavy (non-hydrogen) atoms. The monoisotopic (exact) mass is 434 g/mol. The van der Waals surface area contributed by atoms with Crippen molar-refractivity contribution in [1.29, 1.82) is 0 Å². The van der Waals surface area contributed by atoms with Gasteiger partial charge in [0.25, 0.3) is 5.91 Å². The number of para-hydroxylation sites is 1. The van der Waals surface area contributed by atoms with E-state index in [4.69, 9.17) is 14.5 Å². The summed E-state index contributed by atoms with van der Waals surface area (Å²) in [5.41, 5.74) is 3.54. The van der Waals surface area contributed by atoms with Crippen molar-refractivity contribution in [2.75, 3.05) is 19.0 Å². The third-order valence-electron chi connectivity index (χ3n) is 5.23. The van der Waals surface area contributed by atoms with Crippen LogP contribution in [-0.4, -0.2) is 25.8 Å². The van der Waals surface area contributed by atoms with E-state index < -0.39 is 0 Å². The van der Waals surface area contributed by atoms with Crippen LogP contribution in [-0.2, 0) is 12.8 Å². The number of ether oxygens (including phenoxy) is 2. The van der Waals surface area contributed by atoms with Crippen molar-refractivity contribution in [2.45, 2.75) is 32.6 Å². The lowest BCUT2D eigenvalue weighted by Crippen LogP contribution is -2.14.